The minimum absolute atomic E-state index is 0.276. The van der Waals surface area contributed by atoms with Crippen LogP contribution in [0.2, 0.25) is 0 Å². The van der Waals surface area contributed by atoms with Crippen LogP contribution < -0.4 is 0 Å². The van der Waals surface area contributed by atoms with E-state index in [-0.39, 0.29) is 5.75 Å². The molecule has 1 aromatic carbocycles. The van der Waals surface area contributed by atoms with Gasteiger partial charge in [-0.25, -0.2) is 4.79 Å². The van der Waals surface area contributed by atoms with Crippen molar-refractivity contribution in [2.75, 3.05) is 5.75 Å². The molecular weight excluding hydrogens is 354 g/mol. The van der Waals surface area contributed by atoms with Crippen LogP contribution in [0.4, 0.5) is 0 Å². The predicted octanol–water partition coefficient (Wildman–Crippen LogP) is 2.48. The minimum atomic E-state index is -1.14. The van der Waals surface area contributed by atoms with Gasteiger partial charge in [-0.15, -0.1) is 11.8 Å². The largest absolute Gasteiger partial charge is 0.480 e. The van der Waals surface area contributed by atoms with Crippen LogP contribution in [0.25, 0.3) is 0 Å². The molecule has 0 radical (unpaired) electrons. The molecule has 1 saturated heterocycles. The zero-order valence-electron chi connectivity index (χ0n) is 15.3. The molecule has 7 heteroatoms. The average Bonchev–Trinajstić information content (AvgIpc) is 2.90. The van der Waals surface area contributed by atoms with Crippen molar-refractivity contribution >= 4 is 35.2 Å². The van der Waals surface area contributed by atoms with Gasteiger partial charge in [-0.05, 0) is 20.8 Å². The Morgan fingerprint density at radius 1 is 1.19 bits per heavy atom. The standard InChI is InChI=1S/C19H23NO5S/c1-11(15(12(2)21)16(22)13-8-6-5-7-9-13)17(23)20-14(18(24)25)10-26-19(20,3)4/h5-9,11,14-15H,10H2,1-4H3,(H,24,25)/t11?,14-,15?/m0/s1. The number of nitrogens with zero attached hydrogens (tertiary/aromatic N) is 1. The van der Waals surface area contributed by atoms with Crippen molar-refractivity contribution in [1.29, 1.82) is 0 Å². The summed E-state index contributed by atoms with van der Waals surface area (Å²) in [5.74, 6) is -4.21. The van der Waals surface area contributed by atoms with E-state index in [1.807, 2.05) is 0 Å². The Morgan fingerprint density at radius 3 is 2.27 bits per heavy atom. The highest BCUT2D eigenvalue weighted by Gasteiger charge is 2.49. The van der Waals surface area contributed by atoms with Crippen LogP contribution in [0.1, 0.15) is 38.1 Å². The molecule has 0 saturated carbocycles. The number of benzene rings is 1. The number of aliphatic carboxylic acids is 1. The highest BCUT2D eigenvalue weighted by atomic mass is 32.2. The second-order valence-electron chi connectivity index (χ2n) is 6.93. The maximum Gasteiger partial charge on any atom is 0.327 e. The molecule has 1 N–H and O–H groups in total. The molecule has 6 nitrogen and oxygen atoms in total. The van der Waals surface area contributed by atoms with Gasteiger partial charge in [-0.1, -0.05) is 37.3 Å². The van der Waals surface area contributed by atoms with E-state index in [0.29, 0.717) is 5.56 Å². The Balaban J connectivity index is 2.35. The zero-order valence-corrected chi connectivity index (χ0v) is 16.1. The van der Waals surface area contributed by atoms with Gasteiger partial charge >= 0.3 is 5.97 Å². The third kappa shape index (κ3) is 3.82. The number of carboxylic acids is 1. The number of hydrogen-bond acceptors (Lipinski definition) is 5. The Morgan fingerprint density at radius 2 is 1.77 bits per heavy atom. The van der Waals surface area contributed by atoms with Crippen LogP contribution in [0.3, 0.4) is 0 Å². The molecule has 1 fully saturated rings. The highest BCUT2D eigenvalue weighted by Crippen LogP contribution is 2.40. The molecule has 26 heavy (non-hydrogen) atoms. The third-order valence-electron chi connectivity index (χ3n) is 4.68. The van der Waals surface area contributed by atoms with Gasteiger partial charge in [0, 0.05) is 11.3 Å². The van der Waals surface area contributed by atoms with Gasteiger partial charge in [0.05, 0.1) is 16.7 Å². The van der Waals surface area contributed by atoms with Crippen molar-refractivity contribution in [3.8, 4) is 0 Å². The molecule has 0 spiro atoms. The molecule has 1 aliphatic rings. The third-order valence-corrected chi connectivity index (χ3v) is 6.06. The average molecular weight is 377 g/mol. The summed E-state index contributed by atoms with van der Waals surface area (Å²) in [7, 11) is 0. The minimum Gasteiger partial charge on any atom is -0.480 e. The van der Waals surface area contributed by atoms with Crippen molar-refractivity contribution in [3.63, 3.8) is 0 Å². The maximum atomic E-state index is 13.1. The van der Waals surface area contributed by atoms with Crippen LogP contribution in [-0.2, 0) is 14.4 Å². The number of carbonyl (C=O) groups is 4. The summed E-state index contributed by atoms with van der Waals surface area (Å²) in [4.78, 5) is 50.2. The fraction of sp³-hybridized carbons (Fsp3) is 0.474. The second kappa shape index (κ2) is 7.61. The molecule has 1 amide bonds. The summed E-state index contributed by atoms with van der Waals surface area (Å²) in [6.45, 7) is 6.35. The Labute approximate surface area is 156 Å². The first-order chi connectivity index (χ1) is 12.1. The lowest BCUT2D eigenvalue weighted by Crippen LogP contribution is -2.53. The lowest BCUT2D eigenvalue weighted by molar-refractivity contribution is -0.153. The molecule has 0 aromatic heterocycles. The van der Waals surface area contributed by atoms with E-state index in [1.54, 1.807) is 44.2 Å². The number of thioether (sulfide) groups is 1. The van der Waals surface area contributed by atoms with Gasteiger partial charge in [0.25, 0.3) is 0 Å². The summed E-state index contributed by atoms with van der Waals surface area (Å²) >= 11 is 1.37. The van der Waals surface area contributed by atoms with Crippen molar-refractivity contribution in [2.45, 2.75) is 38.6 Å². The number of hydrogen-bond donors (Lipinski definition) is 1. The number of carboxylic acid groups (broad SMARTS) is 1. The Hall–Kier alpha value is -2.15. The monoisotopic (exact) mass is 377 g/mol. The topological polar surface area (TPSA) is 91.8 Å². The summed E-state index contributed by atoms with van der Waals surface area (Å²) in [6, 6.07) is 7.38. The summed E-state index contributed by atoms with van der Waals surface area (Å²) < 4.78 is 0. The molecule has 1 aromatic rings. The maximum absolute atomic E-state index is 13.1. The van der Waals surface area contributed by atoms with Crippen molar-refractivity contribution in [3.05, 3.63) is 35.9 Å². The lowest BCUT2D eigenvalue weighted by Gasteiger charge is -2.36. The quantitative estimate of drug-likeness (QED) is 0.605. The van der Waals surface area contributed by atoms with Gasteiger partial charge in [0.2, 0.25) is 5.91 Å². The van der Waals surface area contributed by atoms with E-state index in [0.717, 1.165) is 0 Å². The fourth-order valence-corrected chi connectivity index (χ4v) is 4.52. The lowest BCUT2D eigenvalue weighted by atomic mass is 9.82. The molecule has 140 valence electrons. The van der Waals surface area contributed by atoms with Gasteiger partial charge in [-0.3, -0.25) is 14.4 Å². The first-order valence-corrected chi connectivity index (χ1v) is 9.36. The summed E-state index contributed by atoms with van der Waals surface area (Å²) in [6.07, 6.45) is 0. The van der Waals surface area contributed by atoms with Crippen molar-refractivity contribution in [2.24, 2.45) is 11.8 Å². The first kappa shape index (κ1) is 20.2. The summed E-state index contributed by atoms with van der Waals surface area (Å²) in [5, 5.41) is 9.44. The van der Waals surface area contributed by atoms with Crippen LogP contribution in [0, 0.1) is 11.8 Å². The number of carbonyl (C=O) groups excluding carboxylic acids is 3. The van der Waals surface area contributed by atoms with E-state index < -0.39 is 46.2 Å². The first-order valence-electron chi connectivity index (χ1n) is 8.37. The molecule has 1 aliphatic heterocycles. The van der Waals surface area contributed by atoms with Gasteiger partial charge in [0.15, 0.2) is 5.78 Å². The van der Waals surface area contributed by atoms with Crippen LogP contribution >= 0.6 is 11.8 Å². The second-order valence-corrected chi connectivity index (χ2v) is 8.55. The molecule has 2 rings (SSSR count). The number of ketones is 2. The van der Waals surface area contributed by atoms with Crippen molar-refractivity contribution < 1.29 is 24.3 Å². The number of Topliss-reactive ketones (excluding diaryl/α,β-unsaturated/α-hetero) is 2. The highest BCUT2D eigenvalue weighted by molar-refractivity contribution is 8.00. The van der Waals surface area contributed by atoms with Crippen LogP contribution in [-0.4, -0.2) is 50.1 Å². The van der Waals surface area contributed by atoms with Gasteiger partial charge < -0.3 is 10.0 Å². The van der Waals surface area contributed by atoms with E-state index in [9.17, 15) is 24.3 Å². The normalized spacial score (nSPS) is 21.1. The number of amides is 1. The van der Waals surface area contributed by atoms with Gasteiger partial charge in [-0.2, -0.15) is 0 Å². The SMILES string of the molecule is CC(=O)C(C(=O)c1ccccc1)C(C)C(=O)N1[C@H](C(=O)O)CSC1(C)C. The van der Waals surface area contributed by atoms with E-state index >= 15 is 0 Å². The van der Waals surface area contributed by atoms with Crippen LogP contribution in [0.15, 0.2) is 30.3 Å². The molecule has 0 bridgehead atoms. The van der Waals surface area contributed by atoms with Gasteiger partial charge in [0.1, 0.15) is 11.8 Å². The van der Waals surface area contributed by atoms with Crippen molar-refractivity contribution in [1.82, 2.24) is 4.90 Å². The summed E-state index contributed by atoms with van der Waals surface area (Å²) in [5.41, 5.74) is 0.359. The van der Waals surface area contributed by atoms with E-state index in [1.165, 1.54) is 30.5 Å². The number of rotatable bonds is 6. The van der Waals surface area contributed by atoms with E-state index in [4.69, 9.17) is 0 Å². The predicted molar refractivity (Wildman–Crippen MR) is 98.9 cm³/mol. The fourth-order valence-electron chi connectivity index (χ4n) is 3.31. The van der Waals surface area contributed by atoms with Crippen LogP contribution in [0.5, 0.6) is 0 Å². The smallest absolute Gasteiger partial charge is 0.327 e. The Bertz CT molecular complexity index is 731. The molecule has 0 aliphatic carbocycles. The van der Waals surface area contributed by atoms with E-state index in [2.05, 4.69) is 0 Å². The Kier molecular flexibility index (Phi) is 5.91. The molecular formula is C19H23NO5S. The molecule has 1 heterocycles. The molecule has 3 atom stereocenters. The molecule has 2 unspecified atom stereocenters. The zero-order chi connectivity index (χ0) is 19.6.